The average molecular weight is 257 g/mol. The van der Waals surface area contributed by atoms with Crippen LogP contribution in [0.25, 0.3) is 0 Å². The second-order valence-corrected chi connectivity index (χ2v) is 5.02. The van der Waals surface area contributed by atoms with Gasteiger partial charge in [0.15, 0.2) is 0 Å². The first-order valence-electron chi connectivity index (χ1n) is 7.01. The molecular formula is C16H23N3. The van der Waals surface area contributed by atoms with Crippen LogP contribution in [0.4, 0.5) is 0 Å². The Hall–Kier alpha value is -1.61. The van der Waals surface area contributed by atoms with Gasteiger partial charge in [-0.2, -0.15) is 5.10 Å². The van der Waals surface area contributed by atoms with Gasteiger partial charge in [-0.15, -0.1) is 0 Å². The molecule has 0 fully saturated rings. The van der Waals surface area contributed by atoms with Crippen molar-refractivity contribution in [3.63, 3.8) is 0 Å². The van der Waals surface area contributed by atoms with Crippen LogP contribution in [0.5, 0.6) is 0 Å². The van der Waals surface area contributed by atoms with Crippen LogP contribution in [0.1, 0.15) is 42.4 Å². The van der Waals surface area contributed by atoms with E-state index in [4.69, 9.17) is 5.73 Å². The topological polar surface area (TPSA) is 43.8 Å². The number of nitrogens with zero attached hydrogens (tertiary/aromatic N) is 2. The highest BCUT2D eigenvalue weighted by molar-refractivity contribution is 5.26. The molecule has 1 unspecified atom stereocenters. The van der Waals surface area contributed by atoms with Crippen molar-refractivity contribution >= 4 is 0 Å². The average Bonchev–Trinajstić information content (AvgIpc) is 2.81. The molecule has 1 atom stereocenters. The Balaban J connectivity index is 2.18. The fourth-order valence-corrected chi connectivity index (χ4v) is 2.37. The minimum absolute atomic E-state index is 0.0339. The molecule has 1 heterocycles. The Kier molecular flexibility index (Phi) is 4.38. The van der Waals surface area contributed by atoms with Crippen molar-refractivity contribution in [2.75, 3.05) is 0 Å². The van der Waals surface area contributed by atoms with Crippen LogP contribution >= 0.6 is 0 Å². The number of benzene rings is 1. The van der Waals surface area contributed by atoms with Crippen molar-refractivity contribution in [1.82, 2.24) is 9.78 Å². The third-order valence-corrected chi connectivity index (χ3v) is 3.48. The molecule has 0 aliphatic rings. The van der Waals surface area contributed by atoms with Crippen LogP contribution < -0.4 is 5.73 Å². The van der Waals surface area contributed by atoms with Crippen LogP contribution in [-0.4, -0.2) is 9.78 Å². The van der Waals surface area contributed by atoms with E-state index < -0.39 is 0 Å². The van der Waals surface area contributed by atoms with Crippen LogP contribution in [0.2, 0.25) is 0 Å². The van der Waals surface area contributed by atoms with E-state index in [1.54, 1.807) is 0 Å². The van der Waals surface area contributed by atoms with Gasteiger partial charge in [0.2, 0.25) is 0 Å². The van der Waals surface area contributed by atoms with Crippen molar-refractivity contribution in [2.45, 2.75) is 46.2 Å². The van der Waals surface area contributed by atoms with Crippen LogP contribution in [-0.2, 0) is 19.4 Å². The van der Waals surface area contributed by atoms with Gasteiger partial charge in [0.05, 0.1) is 5.69 Å². The minimum Gasteiger partial charge on any atom is -0.324 e. The second-order valence-electron chi connectivity index (χ2n) is 5.02. The summed E-state index contributed by atoms with van der Waals surface area (Å²) in [6.45, 7) is 7.25. The van der Waals surface area contributed by atoms with Gasteiger partial charge >= 0.3 is 0 Å². The summed E-state index contributed by atoms with van der Waals surface area (Å²) in [5.74, 6) is 0. The Morgan fingerprint density at radius 1 is 1.26 bits per heavy atom. The Bertz CT molecular complexity index is 543. The predicted octanol–water partition coefficient (Wildman–Crippen LogP) is 3.02. The van der Waals surface area contributed by atoms with Crippen molar-refractivity contribution in [1.29, 1.82) is 0 Å². The molecule has 0 radical (unpaired) electrons. The molecule has 2 N–H and O–H groups in total. The van der Waals surface area contributed by atoms with Gasteiger partial charge in [0.1, 0.15) is 0 Å². The minimum atomic E-state index is 0.0339. The van der Waals surface area contributed by atoms with Crippen molar-refractivity contribution in [2.24, 2.45) is 5.73 Å². The molecule has 102 valence electrons. The van der Waals surface area contributed by atoms with E-state index in [-0.39, 0.29) is 6.04 Å². The summed E-state index contributed by atoms with van der Waals surface area (Å²) in [6.07, 6.45) is 1.81. The summed E-state index contributed by atoms with van der Waals surface area (Å²) in [7, 11) is 0. The zero-order chi connectivity index (χ0) is 13.8. The summed E-state index contributed by atoms with van der Waals surface area (Å²) in [6, 6.07) is 10.6. The highest BCUT2D eigenvalue weighted by Crippen LogP contribution is 2.18. The summed E-state index contributed by atoms with van der Waals surface area (Å²) >= 11 is 0. The zero-order valence-corrected chi connectivity index (χ0v) is 12.1. The van der Waals surface area contributed by atoms with Gasteiger partial charge in [0.25, 0.3) is 0 Å². The summed E-state index contributed by atoms with van der Waals surface area (Å²) in [4.78, 5) is 0. The molecule has 19 heavy (non-hydrogen) atoms. The fourth-order valence-electron chi connectivity index (χ4n) is 2.37. The molecule has 0 amide bonds. The standard InChI is InChI=1S/C16H23N3/c1-4-14-10-15(19(5-2)18-14)11-16(17)13-8-6-7-12(3)9-13/h6-10,16H,4-5,11,17H2,1-3H3. The van der Waals surface area contributed by atoms with E-state index in [0.717, 1.165) is 25.1 Å². The molecule has 3 nitrogen and oxygen atoms in total. The highest BCUT2D eigenvalue weighted by atomic mass is 15.3. The molecule has 0 bridgehead atoms. The van der Waals surface area contributed by atoms with Crippen LogP contribution in [0.3, 0.4) is 0 Å². The van der Waals surface area contributed by atoms with Crippen molar-refractivity contribution in [3.8, 4) is 0 Å². The highest BCUT2D eigenvalue weighted by Gasteiger charge is 2.12. The van der Waals surface area contributed by atoms with Gasteiger partial charge in [-0.3, -0.25) is 4.68 Å². The maximum absolute atomic E-state index is 6.33. The largest absolute Gasteiger partial charge is 0.324 e. The van der Waals surface area contributed by atoms with E-state index >= 15 is 0 Å². The lowest BCUT2D eigenvalue weighted by atomic mass is 10.0. The first-order chi connectivity index (χ1) is 9.13. The zero-order valence-electron chi connectivity index (χ0n) is 12.1. The van der Waals surface area contributed by atoms with Crippen LogP contribution in [0.15, 0.2) is 30.3 Å². The van der Waals surface area contributed by atoms with E-state index in [2.05, 4.69) is 60.9 Å². The molecule has 0 aliphatic heterocycles. The van der Waals surface area contributed by atoms with Gasteiger partial charge in [-0.05, 0) is 31.9 Å². The van der Waals surface area contributed by atoms with E-state index in [9.17, 15) is 0 Å². The van der Waals surface area contributed by atoms with Crippen molar-refractivity contribution in [3.05, 3.63) is 52.8 Å². The molecule has 3 heteroatoms. The van der Waals surface area contributed by atoms with Gasteiger partial charge < -0.3 is 5.73 Å². The Morgan fingerprint density at radius 3 is 2.68 bits per heavy atom. The first kappa shape index (κ1) is 13.8. The molecule has 0 saturated heterocycles. The smallest absolute Gasteiger partial charge is 0.0624 e. The number of rotatable bonds is 5. The molecule has 0 saturated carbocycles. The molecule has 1 aromatic heterocycles. The third kappa shape index (κ3) is 3.24. The van der Waals surface area contributed by atoms with Gasteiger partial charge in [-0.25, -0.2) is 0 Å². The molecule has 2 aromatic rings. The molecule has 1 aromatic carbocycles. The predicted molar refractivity (Wildman–Crippen MR) is 79.1 cm³/mol. The Labute approximate surface area is 115 Å². The second kappa shape index (κ2) is 6.02. The molecule has 0 aliphatic carbocycles. The van der Waals surface area contributed by atoms with Gasteiger partial charge in [0, 0.05) is 24.7 Å². The van der Waals surface area contributed by atoms with E-state index in [1.807, 2.05) is 0 Å². The summed E-state index contributed by atoms with van der Waals surface area (Å²) in [5, 5.41) is 4.57. The Morgan fingerprint density at radius 2 is 2.05 bits per heavy atom. The fraction of sp³-hybridized carbons (Fsp3) is 0.438. The number of aromatic nitrogens is 2. The summed E-state index contributed by atoms with van der Waals surface area (Å²) in [5.41, 5.74) is 11.2. The van der Waals surface area contributed by atoms with Gasteiger partial charge in [-0.1, -0.05) is 36.8 Å². The normalized spacial score (nSPS) is 12.6. The van der Waals surface area contributed by atoms with E-state index in [0.29, 0.717) is 0 Å². The number of aryl methyl sites for hydroxylation is 3. The lowest BCUT2D eigenvalue weighted by Crippen LogP contribution is -2.16. The SMILES string of the molecule is CCc1cc(CC(N)c2cccc(C)c2)n(CC)n1. The first-order valence-corrected chi connectivity index (χ1v) is 7.01. The molecule has 2 rings (SSSR count). The number of hydrogen-bond acceptors (Lipinski definition) is 2. The monoisotopic (exact) mass is 257 g/mol. The lowest BCUT2D eigenvalue weighted by Gasteiger charge is -2.13. The van der Waals surface area contributed by atoms with Crippen molar-refractivity contribution < 1.29 is 0 Å². The number of hydrogen-bond donors (Lipinski definition) is 1. The van der Waals surface area contributed by atoms with Crippen LogP contribution in [0, 0.1) is 6.92 Å². The maximum Gasteiger partial charge on any atom is 0.0624 e. The quantitative estimate of drug-likeness (QED) is 0.894. The lowest BCUT2D eigenvalue weighted by molar-refractivity contribution is 0.585. The number of nitrogens with two attached hydrogens (primary N) is 1. The maximum atomic E-state index is 6.33. The molecule has 0 spiro atoms. The third-order valence-electron chi connectivity index (χ3n) is 3.48. The summed E-state index contributed by atoms with van der Waals surface area (Å²) < 4.78 is 2.06. The van der Waals surface area contributed by atoms with E-state index in [1.165, 1.54) is 16.8 Å². The molecular weight excluding hydrogens is 234 g/mol.